The van der Waals surface area contributed by atoms with Crippen LogP contribution in [-0.4, -0.2) is 58.0 Å². The van der Waals surface area contributed by atoms with Crippen molar-refractivity contribution in [2.45, 2.75) is 17.4 Å². The third kappa shape index (κ3) is 4.50. The number of hydrogen-bond acceptors (Lipinski definition) is 5. The van der Waals surface area contributed by atoms with Gasteiger partial charge in [0.15, 0.2) is 0 Å². The molecule has 1 saturated heterocycles. The number of benzene rings is 1. The van der Waals surface area contributed by atoms with E-state index >= 15 is 0 Å². The van der Waals surface area contributed by atoms with Crippen LogP contribution in [0.3, 0.4) is 0 Å². The van der Waals surface area contributed by atoms with Gasteiger partial charge in [-0.1, -0.05) is 0 Å². The first-order chi connectivity index (χ1) is 10.8. The molecule has 2 rings (SSSR count). The zero-order valence-electron chi connectivity index (χ0n) is 12.7. The summed E-state index contributed by atoms with van der Waals surface area (Å²) in [6, 6.07) is 5.04. The van der Waals surface area contributed by atoms with Gasteiger partial charge in [0, 0.05) is 32.2 Å². The van der Waals surface area contributed by atoms with Crippen LogP contribution >= 0.6 is 0 Å². The first-order valence-corrected chi connectivity index (χ1v) is 8.56. The maximum Gasteiger partial charge on any atom is 0.251 e. The molecule has 1 aromatic rings. The van der Waals surface area contributed by atoms with Crippen molar-refractivity contribution >= 4 is 21.8 Å². The number of carbonyl (C=O) groups excluding carboxylic acids is 2. The Kier molecular flexibility index (Phi) is 5.34. The van der Waals surface area contributed by atoms with Crippen LogP contribution in [0, 0.1) is 0 Å². The molecule has 0 aromatic heterocycles. The molecule has 3 N–H and O–H groups in total. The van der Waals surface area contributed by atoms with E-state index in [-0.39, 0.29) is 29.2 Å². The molecule has 0 saturated carbocycles. The largest absolute Gasteiger partial charge is 0.383 e. The summed E-state index contributed by atoms with van der Waals surface area (Å²) in [5, 5.41) is 7.77. The van der Waals surface area contributed by atoms with E-state index in [1.165, 1.54) is 24.3 Å². The molecule has 126 valence electrons. The van der Waals surface area contributed by atoms with Gasteiger partial charge >= 0.3 is 0 Å². The zero-order valence-corrected chi connectivity index (χ0v) is 13.5. The number of nitrogens with two attached hydrogens (primary N) is 1. The molecule has 1 aliphatic heterocycles. The lowest BCUT2D eigenvalue weighted by molar-refractivity contribution is -0.128. The lowest BCUT2D eigenvalue weighted by Gasteiger charge is -2.16. The summed E-state index contributed by atoms with van der Waals surface area (Å²) in [7, 11) is -2.23. The van der Waals surface area contributed by atoms with Gasteiger partial charge in [0.05, 0.1) is 17.5 Å². The molecular formula is C14H19N3O5S. The minimum Gasteiger partial charge on any atom is -0.383 e. The first-order valence-electron chi connectivity index (χ1n) is 7.01. The van der Waals surface area contributed by atoms with Crippen LogP contribution in [0.4, 0.5) is 0 Å². The number of carbonyl (C=O) groups is 2. The van der Waals surface area contributed by atoms with E-state index in [0.717, 1.165) is 0 Å². The van der Waals surface area contributed by atoms with E-state index in [2.05, 4.69) is 5.32 Å². The Balaban J connectivity index is 1.96. The van der Waals surface area contributed by atoms with Crippen molar-refractivity contribution in [1.29, 1.82) is 0 Å². The van der Waals surface area contributed by atoms with Gasteiger partial charge in [0.25, 0.3) is 5.91 Å². The van der Waals surface area contributed by atoms with Crippen LogP contribution in [0.5, 0.6) is 0 Å². The van der Waals surface area contributed by atoms with Crippen LogP contribution < -0.4 is 10.5 Å². The minimum absolute atomic E-state index is 0.0306. The average molecular weight is 341 g/mol. The van der Waals surface area contributed by atoms with Crippen LogP contribution in [0.15, 0.2) is 29.2 Å². The monoisotopic (exact) mass is 341 g/mol. The molecule has 9 heteroatoms. The second kappa shape index (κ2) is 7.07. The lowest BCUT2D eigenvalue weighted by atomic mass is 10.2. The van der Waals surface area contributed by atoms with Crippen molar-refractivity contribution < 1.29 is 22.7 Å². The Morgan fingerprint density at radius 3 is 2.61 bits per heavy atom. The van der Waals surface area contributed by atoms with Crippen molar-refractivity contribution in [1.82, 2.24) is 10.2 Å². The van der Waals surface area contributed by atoms with E-state index in [9.17, 15) is 18.0 Å². The predicted octanol–water partition coefficient (Wildman–Crippen LogP) is -0.689. The highest BCUT2D eigenvalue weighted by molar-refractivity contribution is 7.89. The number of sulfonamides is 1. The molecule has 0 radical (unpaired) electrons. The summed E-state index contributed by atoms with van der Waals surface area (Å²) < 4.78 is 27.3. The Morgan fingerprint density at radius 1 is 1.39 bits per heavy atom. The normalized spacial score (nSPS) is 18.3. The maximum atomic E-state index is 12.1. The van der Waals surface area contributed by atoms with Gasteiger partial charge < -0.3 is 15.0 Å². The number of hydrogen-bond donors (Lipinski definition) is 2. The summed E-state index contributed by atoms with van der Waals surface area (Å²) in [5.74, 6) is -0.394. The molecule has 0 spiro atoms. The Morgan fingerprint density at radius 2 is 2.04 bits per heavy atom. The van der Waals surface area contributed by atoms with Crippen molar-refractivity contribution in [3.63, 3.8) is 0 Å². The molecule has 1 aliphatic rings. The molecule has 0 aliphatic carbocycles. The van der Waals surface area contributed by atoms with E-state index in [1.54, 1.807) is 12.0 Å². The fourth-order valence-corrected chi connectivity index (χ4v) is 2.87. The van der Waals surface area contributed by atoms with Crippen LogP contribution in [-0.2, 0) is 19.6 Å². The third-order valence-electron chi connectivity index (χ3n) is 3.56. The molecular weight excluding hydrogens is 322 g/mol. The van der Waals surface area contributed by atoms with Crippen molar-refractivity contribution in [2.75, 3.05) is 26.8 Å². The summed E-state index contributed by atoms with van der Waals surface area (Å²) in [5.41, 5.74) is 0.306. The van der Waals surface area contributed by atoms with Crippen molar-refractivity contribution in [3.05, 3.63) is 29.8 Å². The number of rotatable bonds is 6. The molecule has 23 heavy (non-hydrogen) atoms. The van der Waals surface area contributed by atoms with Crippen LogP contribution in [0.2, 0.25) is 0 Å². The summed E-state index contributed by atoms with van der Waals surface area (Å²) in [4.78, 5) is 25.5. The third-order valence-corrected chi connectivity index (χ3v) is 4.49. The van der Waals surface area contributed by atoms with E-state index in [0.29, 0.717) is 25.3 Å². The molecule has 2 amide bonds. The first kappa shape index (κ1) is 17.4. The fraction of sp³-hybridized carbons (Fsp3) is 0.429. The molecule has 0 bridgehead atoms. The van der Waals surface area contributed by atoms with E-state index in [1.807, 2.05) is 0 Å². The molecule has 8 nitrogen and oxygen atoms in total. The number of ether oxygens (including phenoxy) is 1. The number of likely N-dealkylation sites (tertiary alicyclic amines) is 1. The van der Waals surface area contributed by atoms with Gasteiger partial charge in [-0.2, -0.15) is 0 Å². The summed E-state index contributed by atoms with van der Waals surface area (Å²) >= 11 is 0. The van der Waals surface area contributed by atoms with Crippen molar-refractivity contribution in [3.8, 4) is 0 Å². The number of nitrogens with zero attached hydrogens (tertiary/aromatic N) is 1. The van der Waals surface area contributed by atoms with Gasteiger partial charge in [-0.3, -0.25) is 9.59 Å². The molecule has 1 atom stereocenters. The molecule has 1 aromatic carbocycles. The Hall–Kier alpha value is -1.97. The highest BCUT2D eigenvalue weighted by atomic mass is 32.2. The topological polar surface area (TPSA) is 119 Å². The molecule has 1 heterocycles. The highest BCUT2D eigenvalue weighted by Crippen LogP contribution is 2.13. The highest BCUT2D eigenvalue weighted by Gasteiger charge is 2.30. The average Bonchev–Trinajstić information content (AvgIpc) is 2.84. The quantitative estimate of drug-likeness (QED) is 0.710. The molecule has 1 unspecified atom stereocenters. The summed E-state index contributed by atoms with van der Waals surface area (Å²) in [6.07, 6.45) is 0.241. The van der Waals surface area contributed by atoms with Gasteiger partial charge in [0.2, 0.25) is 15.9 Å². The number of nitrogens with one attached hydrogen (secondary N) is 1. The Labute approximate surface area is 134 Å². The number of primary sulfonamides is 1. The second-order valence-corrected chi connectivity index (χ2v) is 6.84. The lowest BCUT2D eigenvalue weighted by Crippen LogP contribution is -2.37. The second-order valence-electron chi connectivity index (χ2n) is 5.28. The summed E-state index contributed by atoms with van der Waals surface area (Å²) in [6.45, 7) is 1.37. The number of amides is 2. The SMILES string of the molecule is COCCN1CC(NC(=O)c2ccc(S(N)(=O)=O)cc2)CC1=O. The van der Waals surface area contributed by atoms with Gasteiger partial charge in [-0.05, 0) is 24.3 Å². The minimum atomic E-state index is -3.79. The van der Waals surface area contributed by atoms with E-state index in [4.69, 9.17) is 9.88 Å². The molecule has 1 fully saturated rings. The number of methoxy groups -OCH3 is 1. The van der Waals surface area contributed by atoms with E-state index < -0.39 is 10.0 Å². The predicted molar refractivity (Wildman–Crippen MR) is 82.1 cm³/mol. The van der Waals surface area contributed by atoms with Crippen LogP contribution in [0.1, 0.15) is 16.8 Å². The van der Waals surface area contributed by atoms with Crippen LogP contribution in [0.25, 0.3) is 0 Å². The fourth-order valence-electron chi connectivity index (χ4n) is 2.35. The zero-order chi connectivity index (χ0) is 17.0. The smallest absolute Gasteiger partial charge is 0.251 e. The van der Waals surface area contributed by atoms with Crippen molar-refractivity contribution in [2.24, 2.45) is 5.14 Å². The standard InChI is InChI=1S/C14H19N3O5S/c1-22-7-6-17-9-11(8-13(17)18)16-14(19)10-2-4-12(5-3-10)23(15,20)21/h2-5,11H,6-9H2,1H3,(H,16,19)(H2,15,20,21). The van der Waals surface area contributed by atoms with Gasteiger partial charge in [-0.25, -0.2) is 13.6 Å². The van der Waals surface area contributed by atoms with Gasteiger partial charge in [0.1, 0.15) is 0 Å². The van der Waals surface area contributed by atoms with Gasteiger partial charge in [-0.15, -0.1) is 0 Å². The Bertz CT molecular complexity index is 687. The maximum absolute atomic E-state index is 12.1.